The van der Waals surface area contributed by atoms with Crippen LogP contribution in [0.5, 0.6) is 0 Å². The van der Waals surface area contributed by atoms with Crippen LogP contribution in [0.3, 0.4) is 0 Å². The van der Waals surface area contributed by atoms with Crippen molar-refractivity contribution in [1.82, 2.24) is 4.90 Å². The van der Waals surface area contributed by atoms with Gasteiger partial charge in [-0.3, -0.25) is 4.90 Å². The summed E-state index contributed by atoms with van der Waals surface area (Å²) in [5, 5.41) is 10.7. The van der Waals surface area contributed by atoms with E-state index >= 15 is 0 Å². The van der Waals surface area contributed by atoms with Gasteiger partial charge >= 0.3 is 0 Å². The van der Waals surface area contributed by atoms with Crippen LogP contribution in [0.1, 0.15) is 31.4 Å². The molecule has 0 aliphatic carbocycles. The van der Waals surface area contributed by atoms with E-state index in [1.165, 1.54) is 11.1 Å². The topological polar surface area (TPSA) is 23.5 Å². The zero-order valence-electron chi connectivity index (χ0n) is 14.8. The lowest BCUT2D eigenvalue weighted by atomic mass is 9.93. The van der Waals surface area contributed by atoms with E-state index in [1.54, 1.807) is 0 Å². The number of aliphatic hydroxyl groups is 1. The van der Waals surface area contributed by atoms with Gasteiger partial charge in [0.1, 0.15) is 0 Å². The lowest BCUT2D eigenvalue weighted by Crippen LogP contribution is -2.46. The van der Waals surface area contributed by atoms with Gasteiger partial charge in [-0.25, -0.2) is 0 Å². The minimum atomic E-state index is -0.407. The number of benzene rings is 2. The third-order valence-corrected chi connectivity index (χ3v) is 4.36. The fourth-order valence-corrected chi connectivity index (χ4v) is 3.32. The van der Waals surface area contributed by atoms with Crippen LogP contribution in [0, 0.1) is 5.92 Å². The average molecular weight is 323 g/mol. The first-order chi connectivity index (χ1) is 11.6. The Kier molecular flexibility index (Phi) is 7.23. The molecule has 0 aromatic heterocycles. The van der Waals surface area contributed by atoms with Crippen molar-refractivity contribution in [2.24, 2.45) is 5.92 Å². The second kappa shape index (κ2) is 9.41. The van der Waals surface area contributed by atoms with Crippen LogP contribution in [-0.2, 0) is 13.1 Å². The molecule has 1 N–H and O–H groups in total. The average Bonchev–Trinajstić information content (AvgIpc) is 2.56. The molecule has 0 amide bonds. The Morgan fingerprint density at radius 2 is 1.38 bits per heavy atom. The summed E-state index contributed by atoms with van der Waals surface area (Å²) >= 11 is 0. The van der Waals surface area contributed by atoms with E-state index in [4.69, 9.17) is 0 Å². The summed E-state index contributed by atoms with van der Waals surface area (Å²) in [5.74, 6) is 0.354. The van der Waals surface area contributed by atoms with Crippen LogP contribution in [0.25, 0.3) is 0 Å². The van der Waals surface area contributed by atoms with E-state index in [2.05, 4.69) is 73.9 Å². The molecule has 0 bridgehead atoms. The summed E-state index contributed by atoms with van der Waals surface area (Å²) < 4.78 is 0. The zero-order chi connectivity index (χ0) is 17.4. The maximum absolute atomic E-state index is 10.7. The fraction of sp³-hybridized carbons (Fsp3) is 0.364. The summed E-state index contributed by atoms with van der Waals surface area (Å²) in [5.41, 5.74) is 2.54. The molecule has 0 spiro atoms. The van der Waals surface area contributed by atoms with Crippen LogP contribution < -0.4 is 0 Å². The number of rotatable bonds is 9. The highest BCUT2D eigenvalue weighted by molar-refractivity contribution is 5.17. The number of hydrogen-bond donors (Lipinski definition) is 1. The van der Waals surface area contributed by atoms with E-state index in [1.807, 2.05) is 18.2 Å². The lowest BCUT2D eigenvalue weighted by Gasteiger charge is -2.37. The molecule has 0 saturated heterocycles. The summed E-state index contributed by atoms with van der Waals surface area (Å²) in [6, 6.07) is 21.0. The van der Waals surface area contributed by atoms with Crippen LogP contribution in [0.2, 0.25) is 0 Å². The molecular formula is C22H29NO. The first-order valence-corrected chi connectivity index (χ1v) is 8.72. The maximum atomic E-state index is 10.7. The maximum Gasteiger partial charge on any atom is 0.0732 e. The summed E-state index contributed by atoms with van der Waals surface area (Å²) in [4.78, 5) is 2.39. The molecule has 0 radical (unpaired) electrons. The Morgan fingerprint density at radius 1 is 0.917 bits per heavy atom. The molecule has 2 rings (SSSR count). The van der Waals surface area contributed by atoms with Crippen molar-refractivity contribution in [1.29, 1.82) is 0 Å². The Labute approximate surface area is 146 Å². The van der Waals surface area contributed by atoms with Gasteiger partial charge in [0.05, 0.1) is 6.10 Å². The van der Waals surface area contributed by atoms with Crippen molar-refractivity contribution >= 4 is 0 Å². The molecule has 0 saturated carbocycles. The fourth-order valence-electron chi connectivity index (χ4n) is 3.32. The second-order valence-electron chi connectivity index (χ2n) is 6.70. The highest BCUT2D eigenvalue weighted by atomic mass is 16.3. The Morgan fingerprint density at radius 3 is 1.75 bits per heavy atom. The molecule has 2 nitrogen and oxygen atoms in total. The van der Waals surface area contributed by atoms with Crippen molar-refractivity contribution in [2.75, 3.05) is 0 Å². The minimum absolute atomic E-state index is 0.0865. The van der Waals surface area contributed by atoms with Gasteiger partial charge in [0.15, 0.2) is 0 Å². The highest BCUT2D eigenvalue weighted by Gasteiger charge is 2.28. The summed E-state index contributed by atoms with van der Waals surface area (Å²) in [7, 11) is 0. The molecule has 0 heterocycles. The molecule has 24 heavy (non-hydrogen) atoms. The molecule has 128 valence electrons. The molecule has 2 aromatic carbocycles. The third-order valence-electron chi connectivity index (χ3n) is 4.36. The van der Waals surface area contributed by atoms with Crippen molar-refractivity contribution in [3.8, 4) is 0 Å². The third kappa shape index (κ3) is 5.33. The first-order valence-electron chi connectivity index (χ1n) is 8.72. The van der Waals surface area contributed by atoms with Crippen LogP contribution in [-0.4, -0.2) is 22.2 Å². The van der Waals surface area contributed by atoms with E-state index in [-0.39, 0.29) is 6.04 Å². The van der Waals surface area contributed by atoms with Crippen LogP contribution >= 0.6 is 0 Å². The van der Waals surface area contributed by atoms with Gasteiger partial charge in [0, 0.05) is 19.1 Å². The standard InChI is InChI=1S/C22H29NO/c1-4-11-21(24)22(18(2)3)23(16-19-12-7-5-8-13-19)17-20-14-9-6-10-15-20/h4-10,12-15,18,21-22,24H,1,11,16-17H2,2-3H3/t21?,22-/m0/s1. The van der Waals surface area contributed by atoms with Crippen molar-refractivity contribution < 1.29 is 5.11 Å². The molecular weight excluding hydrogens is 294 g/mol. The predicted octanol–water partition coefficient (Wildman–Crippen LogP) is 4.65. The second-order valence-corrected chi connectivity index (χ2v) is 6.70. The Balaban J connectivity index is 2.26. The lowest BCUT2D eigenvalue weighted by molar-refractivity contribution is 0.0160. The summed E-state index contributed by atoms with van der Waals surface area (Å²) in [6.45, 7) is 9.80. The van der Waals surface area contributed by atoms with Crippen molar-refractivity contribution in [2.45, 2.75) is 45.5 Å². The predicted molar refractivity (Wildman–Crippen MR) is 102 cm³/mol. The van der Waals surface area contributed by atoms with Crippen molar-refractivity contribution in [3.05, 3.63) is 84.4 Å². The van der Waals surface area contributed by atoms with E-state index in [9.17, 15) is 5.11 Å². The van der Waals surface area contributed by atoms with E-state index < -0.39 is 6.10 Å². The molecule has 0 fully saturated rings. The van der Waals surface area contributed by atoms with Gasteiger partial charge in [-0.05, 0) is 23.5 Å². The molecule has 2 atom stereocenters. The Hall–Kier alpha value is -1.90. The smallest absolute Gasteiger partial charge is 0.0732 e. The van der Waals surface area contributed by atoms with Gasteiger partial charge < -0.3 is 5.11 Å². The van der Waals surface area contributed by atoms with Crippen LogP contribution in [0.15, 0.2) is 73.3 Å². The molecule has 2 heteroatoms. The molecule has 0 aliphatic heterocycles. The molecule has 0 aliphatic rings. The highest BCUT2D eigenvalue weighted by Crippen LogP contribution is 2.22. The van der Waals surface area contributed by atoms with Gasteiger partial charge in [-0.1, -0.05) is 80.6 Å². The van der Waals surface area contributed by atoms with E-state index in [0.29, 0.717) is 12.3 Å². The quantitative estimate of drug-likeness (QED) is 0.679. The van der Waals surface area contributed by atoms with E-state index in [0.717, 1.165) is 13.1 Å². The number of aliphatic hydroxyl groups excluding tert-OH is 1. The van der Waals surface area contributed by atoms with Gasteiger partial charge in [0.2, 0.25) is 0 Å². The monoisotopic (exact) mass is 323 g/mol. The summed E-state index contributed by atoms with van der Waals surface area (Å²) in [6.07, 6.45) is 2.02. The number of hydrogen-bond acceptors (Lipinski definition) is 2. The largest absolute Gasteiger partial charge is 0.391 e. The normalized spacial score (nSPS) is 13.9. The van der Waals surface area contributed by atoms with Crippen molar-refractivity contribution in [3.63, 3.8) is 0 Å². The van der Waals surface area contributed by atoms with Crippen LogP contribution in [0.4, 0.5) is 0 Å². The van der Waals surface area contributed by atoms with Gasteiger partial charge in [0.25, 0.3) is 0 Å². The van der Waals surface area contributed by atoms with Gasteiger partial charge in [-0.2, -0.15) is 0 Å². The molecule has 2 aromatic rings. The first kappa shape index (κ1) is 18.4. The zero-order valence-corrected chi connectivity index (χ0v) is 14.8. The molecule has 1 unspecified atom stereocenters. The number of nitrogens with zero attached hydrogens (tertiary/aromatic N) is 1. The van der Waals surface area contributed by atoms with Gasteiger partial charge in [-0.15, -0.1) is 6.58 Å². The Bertz CT molecular complexity index is 552. The SMILES string of the molecule is C=CCC(O)[C@H](C(C)C)N(Cc1ccccc1)Cc1ccccc1. The minimum Gasteiger partial charge on any atom is -0.391 e.